The maximum absolute atomic E-state index is 12.8. The molecule has 2 aromatic rings. The summed E-state index contributed by atoms with van der Waals surface area (Å²) >= 11 is 0. The number of methoxy groups -OCH3 is 1. The van der Waals surface area contributed by atoms with E-state index >= 15 is 0 Å². The zero-order chi connectivity index (χ0) is 18.8. The van der Waals surface area contributed by atoms with Gasteiger partial charge in [-0.15, -0.1) is 0 Å². The van der Waals surface area contributed by atoms with Gasteiger partial charge in [-0.25, -0.2) is 4.79 Å². The molecule has 2 rings (SSSR count). The smallest absolute Gasteiger partial charge is 0.416 e. The molecule has 1 amide bonds. The second kappa shape index (κ2) is 6.62. The maximum atomic E-state index is 12.8. The standard InChI is InChI=1S/C17H16F3NO4/c1-16(2,15(23)24-3)21-14(22)13-8-7-12(25-13)10-5-4-6-11(9-10)17(18,19)20/h4-9H,1-3H3,(H,21,22). The fraction of sp³-hybridized carbons (Fsp3) is 0.294. The summed E-state index contributed by atoms with van der Waals surface area (Å²) in [6, 6.07) is 7.26. The van der Waals surface area contributed by atoms with Crippen molar-refractivity contribution in [3.8, 4) is 11.3 Å². The van der Waals surface area contributed by atoms with E-state index in [1.807, 2.05) is 0 Å². The third-order valence-electron chi connectivity index (χ3n) is 3.43. The number of alkyl halides is 3. The minimum Gasteiger partial charge on any atom is -0.467 e. The van der Waals surface area contributed by atoms with Crippen LogP contribution in [0.25, 0.3) is 11.3 Å². The molecular formula is C17H16F3NO4. The van der Waals surface area contributed by atoms with E-state index in [1.54, 1.807) is 0 Å². The monoisotopic (exact) mass is 355 g/mol. The predicted molar refractivity (Wildman–Crippen MR) is 82.7 cm³/mol. The van der Waals surface area contributed by atoms with Crippen LogP contribution in [-0.2, 0) is 15.7 Å². The van der Waals surface area contributed by atoms with E-state index in [2.05, 4.69) is 10.1 Å². The highest BCUT2D eigenvalue weighted by molar-refractivity contribution is 5.96. The Hall–Kier alpha value is -2.77. The molecule has 5 nitrogen and oxygen atoms in total. The third kappa shape index (κ3) is 4.20. The Morgan fingerprint density at radius 3 is 2.40 bits per heavy atom. The second-order valence-corrected chi connectivity index (χ2v) is 5.81. The zero-order valence-electron chi connectivity index (χ0n) is 13.7. The van der Waals surface area contributed by atoms with Crippen molar-refractivity contribution in [1.82, 2.24) is 5.32 Å². The maximum Gasteiger partial charge on any atom is 0.416 e. The van der Waals surface area contributed by atoms with Gasteiger partial charge in [-0.3, -0.25) is 4.79 Å². The molecule has 0 aliphatic heterocycles. The van der Waals surface area contributed by atoms with Gasteiger partial charge in [-0.1, -0.05) is 12.1 Å². The van der Waals surface area contributed by atoms with Crippen molar-refractivity contribution in [3.05, 3.63) is 47.7 Å². The summed E-state index contributed by atoms with van der Waals surface area (Å²) in [5.41, 5.74) is -1.92. The largest absolute Gasteiger partial charge is 0.467 e. The van der Waals surface area contributed by atoms with Gasteiger partial charge in [-0.05, 0) is 38.1 Å². The van der Waals surface area contributed by atoms with Crippen LogP contribution in [0.15, 0.2) is 40.8 Å². The number of esters is 1. The fourth-order valence-electron chi connectivity index (χ4n) is 2.12. The first kappa shape index (κ1) is 18.6. The van der Waals surface area contributed by atoms with Crippen molar-refractivity contribution >= 4 is 11.9 Å². The van der Waals surface area contributed by atoms with Gasteiger partial charge in [0.1, 0.15) is 11.3 Å². The van der Waals surface area contributed by atoms with Crippen LogP contribution < -0.4 is 5.32 Å². The SMILES string of the molecule is COC(=O)C(C)(C)NC(=O)c1ccc(-c2cccc(C(F)(F)F)c2)o1. The molecule has 0 saturated carbocycles. The predicted octanol–water partition coefficient (Wildman–Crippen LogP) is 3.65. The summed E-state index contributed by atoms with van der Waals surface area (Å²) < 4.78 is 48.2. The molecule has 1 heterocycles. The van der Waals surface area contributed by atoms with E-state index in [0.717, 1.165) is 12.1 Å². The molecular weight excluding hydrogens is 339 g/mol. The summed E-state index contributed by atoms with van der Waals surface area (Å²) in [7, 11) is 1.19. The summed E-state index contributed by atoms with van der Waals surface area (Å²) in [5.74, 6) is -1.37. The van der Waals surface area contributed by atoms with Crippen molar-refractivity contribution < 1.29 is 31.9 Å². The zero-order valence-corrected chi connectivity index (χ0v) is 13.7. The number of nitrogens with one attached hydrogen (secondary N) is 1. The van der Waals surface area contributed by atoms with Gasteiger partial charge in [0.2, 0.25) is 0 Å². The highest BCUT2D eigenvalue weighted by Gasteiger charge is 2.32. The van der Waals surface area contributed by atoms with Gasteiger partial charge in [0.25, 0.3) is 5.91 Å². The molecule has 0 fully saturated rings. The third-order valence-corrected chi connectivity index (χ3v) is 3.43. The lowest BCUT2D eigenvalue weighted by Gasteiger charge is -2.22. The Labute approximate surface area is 141 Å². The van der Waals surface area contributed by atoms with Gasteiger partial charge < -0.3 is 14.5 Å². The molecule has 0 atom stereocenters. The fourth-order valence-corrected chi connectivity index (χ4v) is 2.12. The number of halogens is 3. The van der Waals surface area contributed by atoms with Gasteiger partial charge >= 0.3 is 12.1 Å². The van der Waals surface area contributed by atoms with Crippen LogP contribution in [0.5, 0.6) is 0 Å². The number of carbonyl (C=O) groups is 2. The first-order chi connectivity index (χ1) is 11.5. The van der Waals surface area contributed by atoms with Crippen molar-refractivity contribution in [2.45, 2.75) is 25.6 Å². The summed E-state index contributed by atoms with van der Waals surface area (Å²) in [5, 5.41) is 2.44. The Balaban J connectivity index is 2.23. The van der Waals surface area contributed by atoms with Crippen LogP contribution in [0, 0.1) is 0 Å². The Kier molecular flexibility index (Phi) is 4.92. The van der Waals surface area contributed by atoms with E-state index in [0.29, 0.717) is 0 Å². The lowest BCUT2D eigenvalue weighted by Crippen LogP contribution is -2.50. The van der Waals surface area contributed by atoms with E-state index in [9.17, 15) is 22.8 Å². The number of ether oxygens (including phenoxy) is 1. The number of carbonyl (C=O) groups excluding carboxylic acids is 2. The van der Waals surface area contributed by atoms with Crippen LogP contribution in [-0.4, -0.2) is 24.5 Å². The quantitative estimate of drug-likeness (QED) is 0.850. The van der Waals surface area contributed by atoms with Crippen LogP contribution in [0.4, 0.5) is 13.2 Å². The molecule has 1 N–H and O–H groups in total. The molecule has 0 aliphatic rings. The van der Waals surface area contributed by atoms with Crippen LogP contribution >= 0.6 is 0 Å². The van der Waals surface area contributed by atoms with E-state index in [1.165, 1.54) is 45.2 Å². The highest BCUT2D eigenvalue weighted by atomic mass is 19.4. The lowest BCUT2D eigenvalue weighted by atomic mass is 10.1. The normalized spacial score (nSPS) is 11.9. The molecule has 0 saturated heterocycles. The average Bonchev–Trinajstić information content (AvgIpc) is 3.03. The van der Waals surface area contributed by atoms with Crippen molar-refractivity contribution in [3.63, 3.8) is 0 Å². The molecule has 8 heteroatoms. The molecule has 0 spiro atoms. The number of furan rings is 1. The number of benzene rings is 1. The van der Waals surface area contributed by atoms with Crippen LogP contribution in [0.2, 0.25) is 0 Å². The van der Waals surface area contributed by atoms with Crippen molar-refractivity contribution in [2.75, 3.05) is 7.11 Å². The number of hydrogen-bond donors (Lipinski definition) is 1. The first-order valence-electron chi connectivity index (χ1n) is 7.23. The first-order valence-corrected chi connectivity index (χ1v) is 7.23. The van der Waals surface area contributed by atoms with Crippen LogP contribution in [0.3, 0.4) is 0 Å². The molecule has 1 aromatic carbocycles. The molecule has 134 valence electrons. The van der Waals surface area contributed by atoms with Gasteiger partial charge in [0.15, 0.2) is 5.76 Å². The molecule has 25 heavy (non-hydrogen) atoms. The van der Waals surface area contributed by atoms with E-state index in [-0.39, 0.29) is 17.1 Å². The Morgan fingerprint density at radius 2 is 1.80 bits per heavy atom. The number of amides is 1. The topological polar surface area (TPSA) is 68.5 Å². The molecule has 1 aromatic heterocycles. The van der Waals surface area contributed by atoms with E-state index < -0.39 is 29.2 Å². The number of hydrogen-bond acceptors (Lipinski definition) is 4. The van der Waals surface area contributed by atoms with E-state index in [4.69, 9.17) is 4.42 Å². The van der Waals surface area contributed by atoms with Gasteiger partial charge in [0, 0.05) is 5.56 Å². The Morgan fingerprint density at radius 1 is 1.12 bits per heavy atom. The van der Waals surface area contributed by atoms with Crippen molar-refractivity contribution in [2.24, 2.45) is 0 Å². The Bertz CT molecular complexity index is 793. The highest BCUT2D eigenvalue weighted by Crippen LogP contribution is 2.32. The number of rotatable bonds is 4. The van der Waals surface area contributed by atoms with Crippen molar-refractivity contribution in [1.29, 1.82) is 0 Å². The lowest BCUT2D eigenvalue weighted by molar-refractivity contribution is -0.146. The molecule has 0 radical (unpaired) electrons. The van der Waals surface area contributed by atoms with Crippen LogP contribution in [0.1, 0.15) is 30.0 Å². The average molecular weight is 355 g/mol. The van der Waals surface area contributed by atoms with Gasteiger partial charge in [0.05, 0.1) is 12.7 Å². The molecule has 0 unspecified atom stereocenters. The van der Waals surface area contributed by atoms with Gasteiger partial charge in [-0.2, -0.15) is 13.2 Å². The molecule has 0 bridgehead atoms. The second-order valence-electron chi connectivity index (χ2n) is 5.81. The summed E-state index contributed by atoms with van der Waals surface area (Å²) in [4.78, 5) is 23.7. The minimum atomic E-state index is -4.48. The summed E-state index contributed by atoms with van der Waals surface area (Å²) in [6.45, 7) is 2.90. The minimum absolute atomic E-state index is 0.104. The molecule has 0 aliphatic carbocycles. The summed E-state index contributed by atoms with van der Waals surface area (Å²) in [6.07, 6.45) is -4.48.